The van der Waals surface area contributed by atoms with Crippen molar-refractivity contribution in [2.75, 3.05) is 18.1 Å². The molecule has 0 radical (unpaired) electrons. The summed E-state index contributed by atoms with van der Waals surface area (Å²) in [5, 5.41) is 8.81. The van der Waals surface area contributed by atoms with Gasteiger partial charge in [-0.15, -0.1) is 11.8 Å². The molecule has 1 saturated heterocycles. The van der Waals surface area contributed by atoms with E-state index in [-0.39, 0.29) is 11.5 Å². The van der Waals surface area contributed by atoms with E-state index < -0.39 is 30.9 Å². The highest BCUT2D eigenvalue weighted by Crippen LogP contribution is 2.13. The second-order valence-electron chi connectivity index (χ2n) is 2.79. The molecule has 0 aliphatic carbocycles. The number of carbonyl (C=O) groups excluding carboxylic acids is 2. The van der Waals surface area contributed by atoms with Crippen LogP contribution < -0.4 is 0 Å². The third-order valence-electron chi connectivity index (χ3n) is 1.71. The van der Waals surface area contributed by atoms with Gasteiger partial charge in [-0.25, -0.2) is 8.78 Å². The summed E-state index contributed by atoms with van der Waals surface area (Å²) in [4.78, 5) is 22.9. The molecule has 80 valence electrons. The van der Waals surface area contributed by atoms with Crippen molar-refractivity contribution >= 4 is 23.6 Å². The number of β-amino-alcohol motifs (C(OH)–C–C–N with tert-alkyl or cyclic N) is 1. The number of aliphatic hydroxyl groups is 1. The molecule has 0 aromatic heterocycles. The topological polar surface area (TPSA) is 57.6 Å². The predicted octanol–water partition coefficient (Wildman–Crippen LogP) is -0.286. The van der Waals surface area contributed by atoms with Gasteiger partial charge in [0.1, 0.15) is 6.10 Å². The first kappa shape index (κ1) is 11.4. The number of hydrogen-bond acceptors (Lipinski definition) is 4. The van der Waals surface area contributed by atoms with Gasteiger partial charge < -0.3 is 5.11 Å². The van der Waals surface area contributed by atoms with E-state index in [4.69, 9.17) is 5.11 Å². The Morgan fingerprint density at radius 1 is 1.36 bits per heavy atom. The summed E-state index contributed by atoms with van der Waals surface area (Å²) in [6.45, 7) is -0.615. The molecule has 1 fully saturated rings. The summed E-state index contributed by atoms with van der Waals surface area (Å²) in [6.07, 6.45) is -4.89. The van der Waals surface area contributed by atoms with Crippen molar-refractivity contribution in [3.63, 3.8) is 0 Å². The molecule has 4 nitrogen and oxygen atoms in total. The Kier molecular flexibility index (Phi) is 3.82. The van der Waals surface area contributed by atoms with Gasteiger partial charge in [0.15, 0.2) is 0 Å². The minimum atomic E-state index is -2.94. The number of imide groups is 1. The van der Waals surface area contributed by atoms with Crippen LogP contribution in [-0.4, -0.2) is 52.4 Å². The maximum atomic E-state index is 11.9. The van der Waals surface area contributed by atoms with E-state index in [1.807, 2.05) is 0 Å². The molecule has 1 aliphatic rings. The van der Waals surface area contributed by atoms with E-state index in [2.05, 4.69) is 0 Å². The third-order valence-corrected chi connectivity index (χ3v) is 2.62. The summed E-state index contributed by atoms with van der Waals surface area (Å²) in [6, 6.07) is 0. The van der Waals surface area contributed by atoms with Crippen LogP contribution in [0.15, 0.2) is 0 Å². The molecule has 1 rings (SSSR count). The fourth-order valence-corrected chi connectivity index (χ4v) is 1.75. The SMILES string of the molecule is O=C1CSCC(=O)N1CC(O)C(F)F. The number of rotatable bonds is 3. The van der Waals surface area contributed by atoms with Crippen LogP contribution in [0.25, 0.3) is 0 Å². The van der Waals surface area contributed by atoms with Gasteiger partial charge in [-0.3, -0.25) is 14.5 Å². The Labute approximate surface area is 83.3 Å². The van der Waals surface area contributed by atoms with E-state index in [0.717, 1.165) is 11.8 Å². The van der Waals surface area contributed by atoms with Crippen molar-refractivity contribution in [1.82, 2.24) is 4.90 Å². The van der Waals surface area contributed by atoms with Crippen LogP contribution in [0.4, 0.5) is 8.78 Å². The van der Waals surface area contributed by atoms with Gasteiger partial charge in [-0.05, 0) is 0 Å². The third kappa shape index (κ3) is 2.65. The van der Waals surface area contributed by atoms with Gasteiger partial charge in [0.05, 0.1) is 18.1 Å². The summed E-state index contributed by atoms with van der Waals surface area (Å²) in [7, 11) is 0. The number of hydrogen-bond donors (Lipinski definition) is 1. The van der Waals surface area contributed by atoms with E-state index >= 15 is 0 Å². The van der Waals surface area contributed by atoms with Crippen molar-refractivity contribution in [2.45, 2.75) is 12.5 Å². The first-order chi connectivity index (χ1) is 6.52. The standard InChI is InChI=1S/C7H9F2NO3S/c8-7(9)4(11)1-10-5(12)2-14-3-6(10)13/h4,7,11H,1-3H2. The highest BCUT2D eigenvalue weighted by molar-refractivity contribution is 8.00. The number of thioether (sulfide) groups is 1. The predicted molar refractivity (Wildman–Crippen MR) is 46.1 cm³/mol. The average molecular weight is 225 g/mol. The first-order valence-corrected chi connectivity index (χ1v) is 5.05. The van der Waals surface area contributed by atoms with E-state index in [1.165, 1.54) is 0 Å². The van der Waals surface area contributed by atoms with E-state index in [0.29, 0.717) is 4.90 Å². The minimum absolute atomic E-state index is 0.0989. The van der Waals surface area contributed by atoms with Gasteiger partial charge in [0.25, 0.3) is 6.43 Å². The highest BCUT2D eigenvalue weighted by atomic mass is 32.2. The fourth-order valence-electron chi connectivity index (χ4n) is 0.991. The van der Waals surface area contributed by atoms with Crippen molar-refractivity contribution < 1.29 is 23.5 Å². The maximum absolute atomic E-state index is 11.9. The molecule has 0 spiro atoms. The normalized spacial score (nSPS) is 20.4. The van der Waals surface area contributed by atoms with Crippen LogP contribution in [0.2, 0.25) is 0 Å². The number of carbonyl (C=O) groups is 2. The van der Waals surface area contributed by atoms with Crippen molar-refractivity contribution in [2.24, 2.45) is 0 Å². The van der Waals surface area contributed by atoms with Gasteiger partial charge in [-0.2, -0.15) is 0 Å². The highest BCUT2D eigenvalue weighted by Gasteiger charge is 2.30. The number of nitrogens with zero attached hydrogens (tertiary/aromatic N) is 1. The lowest BCUT2D eigenvalue weighted by Gasteiger charge is -2.26. The van der Waals surface area contributed by atoms with E-state index in [9.17, 15) is 18.4 Å². The van der Waals surface area contributed by atoms with E-state index in [1.54, 1.807) is 0 Å². The second-order valence-corrected chi connectivity index (χ2v) is 3.78. The maximum Gasteiger partial charge on any atom is 0.265 e. The molecule has 0 bridgehead atoms. The zero-order valence-corrected chi connectivity index (χ0v) is 7.97. The zero-order chi connectivity index (χ0) is 10.7. The summed E-state index contributed by atoms with van der Waals surface area (Å²) in [5.41, 5.74) is 0. The molecule has 0 saturated carbocycles. The summed E-state index contributed by atoms with van der Waals surface area (Å²) >= 11 is 1.14. The molecule has 1 N–H and O–H groups in total. The van der Waals surface area contributed by atoms with Crippen LogP contribution in [0, 0.1) is 0 Å². The number of aliphatic hydroxyl groups excluding tert-OH is 1. The van der Waals surface area contributed by atoms with Crippen molar-refractivity contribution in [1.29, 1.82) is 0 Å². The Balaban J connectivity index is 2.56. The Hall–Kier alpha value is -0.690. The lowest BCUT2D eigenvalue weighted by Crippen LogP contribution is -2.48. The zero-order valence-electron chi connectivity index (χ0n) is 7.15. The average Bonchev–Trinajstić information content (AvgIpc) is 2.11. The first-order valence-electron chi connectivity index (χ1n) is 3.89. The van der Waals surface area contributed by atoms with Gasteiger partial charge in [0.2, 0.25) is 11.8 Å². The fraction of sp³-hybridized carbons (Fsp3) is 0.714. The molecule has 14 heavy (non-hydrogen) atoms. The lowest BCUT2D eigenvalue weighted by atomic mass is 10.3. The smallest absolute Gasteiger partial charge is 0.265 e. The largest absolute Gasteiger partial charge is 0.385 e. The Morgan fingerprint density at radius 3 is 2.29 bits per heavy atom. The Bertz CT molecular complexity index is 233. The molecule has 1 atom stereocenters. The number of halogens is 2. The Morgan fingerprint density at radius 2 is 1.86 bits per heavy atom. The molecule has 2 amide bonds. The monoisotopic (exact) mass is 225 g/mol. The number of amides is 2. The number of alkyl halides is 2. The molecule has 1 heterocycles. The molecule has 0 aromatic carbocycles. The molecule has 0 aromatic rings. The summed E-state index contributed by atoms with van der Waals surface area (Å²) < 4.78 is 23.9. The molecular formula is C7H9F2NO3S. The molecule has 1 aliphatic heterocycles. The minimum Gasteiger partial charge on any atom is -0.385 e. The van der Waals surface area contributed by atoms with Crippen molar-refractivity contribution in [3.05, 3.63) is 0 Å². The van der Waals surface area contributed by atoms with Crippen LogP contribution in [0.5, 0.6) is 0 Å². The van der Waals surface area contributed by atoms with Crippen LogP contribution in [0.3, 0.4) is 0 Å². The summed E-state index contributed by atoms with van der Waals surface area (Å²) in [5.74, 6) is -0.847. The van der Waals surface area contributed by atoms with Crippen LogP contribution in [-0.2, 0) is 9.59 Å². The molecule has 7 heteroatoms. The van der Waals surface area contributed by atoms with Crippen LogP contribution >= 0.6 is 11.8 Å². The van der Waals surface area contributed by atoms with Gasteiger partial charge in [-0.1, -0.05) is 0 Å². The van der Waals surface area contributed by atoms with Gasteiger partial charge >= 0.3 is 0 Å². The van der Waals surface area contributed by atoms with Gasteiger partial charge in [0, 0.05) is 0 Å². The lowest BCUT2D eigenvalue weighted by molar-refractivity contribution is -0.145. The molecule has 1 unspecified atom stereocenters. The van der Waals surface area contributed by atoms with Crippen LogP contribution in [0.1, 0.15) is 0 Å². The van der Waals surface area contributed by atoms with Crippen molar-refractivity contribution in [3.8, 4) is 0 Å². The molecular weight excluding hydrogens is 216 g/mol. The second kappa shape index (κ2) is 4.70. The quantitative estimate of drug-likeness (QED) is 0.671.